The average Bonchev–Trinajstić information content (AvgIpc) is 2.33. The van der Waals surface area contributed by atoms with Crippen molar-refractivity contribution in [3.05, 3.63) is 29.8 Å². The smallest absolute Gasteiger partial charge is 0.198 e. The summed E-state index contributed by atoms with van der Waals surface area (Å²) in [5.41, 5.74) is 7.87. The summed E-state index contributed by atoms with van der Waals surface area (Å²) in [6.07, 6.45) is 1.13. The van der Waals surface area contributed by atoms with Gasteiger partial charge in [-0.1, -0.05) is 18.2 Å². The molecule has 0 fully saturated rings. The van der Waals surface area contributed by atoms with Crippen LogP contribution in [0.5, 0.6) is 0 Å². The summed E-state index contributed by atoms with van der Waals surface area (Å²) < 4.78 is 0. The molecule has 0 bridgehead atoms. The van der Waals surface area contributed by atoms with E-state index in [-0.39, 0.29) is 0 Å². The van der Waals surface area contributed by atoms with E-state index in [1.165, 1.54) is 0 Å². The standard InChI is InChI=1S/C12H18N4/c1-16-8-4-7-14-12(16)15-11-6-3-2-5-10(11)9-13/h2-3,5-6H,4,7-9,13H2,1H3,(H,14,15). The molecule has 0 aliphatic carbocycles. The number of benzene rings is 1. The molecule has 1 heterocycles. The van der Waals surface area contributed by atoms with Crippen molar-refractivity contribution < 1.29 is 0 Å². The van der Waals surface area contributed by atoms with E-state index < -0.39 is 0 Å². The summed E-state index contributed by atoms with van der Waals surface area (Å²) >= 11 is 0. The van der Waals surface area contributed by atoms with E-state index >= 15 is 0 Å². The summed E-state index contributed by atoms with van der Waals surface area (Å²) in [6, 6.07) is 8.07. The molecule has 0 amide bonds. The molecule has 16 heavy (non-hydrogen) atoms. The summed E-state index contributed by atoms with van der Waals surface area (Å²) in [4.78, 5) is 6.61. The zero-order valence-electron chi connectivity index (χ0n) is 9.61. The molecule has 0 saturated heterocycles. The van der Waals surface area contributed by atoms with Gasteiger partial charge < -0.3 is 16.0 Å². The third-order valence-electron chi connectivity index (χ3n) is 2.76. The fourth-order valence-corrected chi connectivity index (χ4v) is 1.80. The van der Waals surface area contributed by atoms with Crippen LogP contribution in [0.3, 0.4) is 0 Å². The first-order valence-corrected chi connectivity index (χ1v) is 5.62. The number of rotatable bonds is 2. The van der Waals surface area contributed by atoms with Gasteiger partial charge in [0.2, 0.25) is 0 Å². The predicted octanol–water partition coefficient (Wildman–Crippen LogP) is 1.25. The highest BCUT2D eigenvalue weighted by atomic mass is 15.3. The molecule has 0 saturated carbocycles. The number of nitrogens with two attached hydrogens (primary N) is 1. The molecular weight excluding hydrogens is 200 g/mol. The summed E-state index contributed by atoms with van der Waals surface area (Å²) in [5.74, 6) is 0.937. The Morgan fingerprint density at radius 3 is 3.00 bits per heavy atom. The molecule has 0 radical (unpaired) electrons. The topological polar surface area (TPSA) is 53.6 Å². The van der Waals surface area contributed by atoms with Gasteiger partial charge in [0.05, 0.1) is 0 Å². The SMILES string of the molecule is CN1CCCN=C1Nc1ccccc1CN. The van der Waals surface area contributed by atoms with Crippen LogP contribution in [0.2, 0.25) is 0 Å². The molecule has 2 rings (SSSR count). The van der Waals surface area contributed by atoms with E-state index in [0.717, 1.165) is 36.7 Å². The molecular formula is C12H18N4. The molecule has 4 nitrogen and oxygen atoms in total. The van der Waals surface area contributed by atoms with Crippen molar-refractivity contribution in [3.63, 3.8) is 0 Å². The first kappa shape index (κ1) is 11.0. The van der Waals surface area contributed by atoms with Crippen LogP contribution in [0.1, 0.15) is 12.0 Å². The Bertz CT molecular complexity index is 386. The quantitative estimate of drug-likeness (QED) is 0.785. The van der Waals surface area contributed by atoms with Crippen molar-refractivity contribution in [1.29, 1.82) is 0 Å². The molecule has 1 aromatic carbocycles. The molecule has 0 aromatic heterocycles. The lowest BCUT2D eigenvalue weighted by Gasteiger charge is -2.26. The van der Waals surface area contributed by atoms with E-state index in [1.54, 1.807) is 0 Å². The van der Waals surface area contributed by atoms with Crippen molar-refractivity contribution in [3.8, 4) is 0 Å². The van der Waals surface area contributed by atoms with Crippen LogP contribution in [0.25, 0.3) is 0 Å². The second-order valence-electron chi connectivity index (χ2n) is 3.97. The van der Waals surface area contributed by atoms with Gasteiger partial charge in [-0.05, 0) is 18.1 Å². The van der Waals surface area contributed by atoms with E-state index in [0.29, 0.717) is 6.54 Å². The van der Waals surface area contributed by atoms with Crippen LogP contribution in [0.4, 0.5) is 5.69 Å². The van der Waals surface area contributed by atoms with Gasteiger partial charge in [0, 0.05) is 32.4 Å². The summed E-state index contributed by atoms with van der Waals surface area (Å²) in [5, 5.41) is 3.35. The van der Waals surface area contributed by atoms with Crippen LogP contribution < -0.4 is 11.1 Å². The number of hydrogen-bond donors (Lipinski definition) is 2. The van der Waals surface area contributed by atoms with Gasteiger partial charge in [-0.3, -0.25) is 4.99 Å². The van der Waals surface area contributed by atoms with Crippen molar-refractivity contribution >= 4 is 11.6 Å². The number of anilines is 1. The highest BCUT2D eigenvalue weighted by molar-refractivity contribution is 5.94. The number of para-hydroxylation sites is 1. The van der Waals surface area contributed by atoms with Crippen molar-refractivity contribution in [1.82, 2.24) is 4.90 Å². The van der Waals surface area contributed by atoms with E-state index in [9.17, 15) is 0 Å². The Hall–Kier alpha value is -1.55. The number of nitrogens with zero attached hydrogens (tertiary/aromatic N) is 2. The second-order valence-corrected chi connectivity index (χ2v) is 3.97. The molecule has 0 atom stereocenters. The lowest BCUT2D eigenvalue weighted by atomic mass is 10.2. The first-order valence-electron chi connectivity index (χ1n) is 5.62. The van der Waals surface area contributed by atoms with E-state index in [4.69, 9.17) is 5.73 Å². The lowest BCUT2D eigenvalue weighted by molar-refractivity contribution is 0.466. The molecule has 1 aliphatic rings. The molecule has 1 aliphatic heterocycles. The third-order valence-corrected chi connectivity index (χ3v) is 2.76. The number of nitrogens with one attached hydrogen (secondary N) is 1. The Kier molecular flexibility index (Phi) is 3.41. The van der Waals surface area contributed by atoms with Gasteiger partial charge in [-0.25, -0.2) is 0 Å². The third kappa shape index (κ3) is 2.33. The summed E-state index contributed by atoms with van der Waals surface area (Å²) in [7, 11) is 2.05. The minimum absolute atomic E-state index is 0.542. The molecule has 0 unspecified atom stereocenters. The van der Waals surface area contributed by atoms with Crippen LogP contribution in [0.15, 0.2) is 29.3 Å². The van der Waals surface area contributed by atoms with Gasteiger partial charge in [-0.15, -0.1) is 0 Å². The maximum atomic E-state index is 5.70. The number of guanidine groups is 1. The fourth-order valence-electron chi connectivity index (χ4n) is 1.80. The van der Waals surface area contributed by atoms with Crippen LogP contribution in [-0.4, -0.2) is 31.0 Å². The van der Waals surface area contributed by atoms with Gasteiger partial charge >= 0.3 is 0 Å². The normalized spacial score (nSPS) is 15.9. The Labute approximate surface area is 96.2 Å². The molecule has 3 N–H and O–H groups in total. The second kappa shape index (κ2) is 4.99. The lowest BCUT2D eigenvalue weighted by Crippen LogP contribution is -2.37. The Morgan fingerprint density at radius 2 is 2.25 bits per heavy atom. The van der Waals surface area contributed by atoms with Crippen molar-refractivity contribution in [2.45, 2.75) is 13.0 Å². The van der Waals surface area contributed by atoms with Gasteiger partial charge in [0.15, 0.2) is 5.96 Å². The fraction of sp³-hybridized carbons (Fsp3) is 0.417. The number of hydrogen-bond acceptors (Lipinski definition) is 4. The number of aliphatic imine (C=N–C) groups is 1. The Balaban J connectivity index is 2.16. The van der Waals surface area contributed by atoms with E-state index in [2.05, 4.69) is 22.3 Å². The monoisotopic (exact) mass is 218 g/mol. The minimum Gasteiger partial charge on any atom is -0.346 e. The average molecular weight is 218 g/mol. The predicted molar refractivity (Wildman–Crippen MR) is 67.5 cm³/mol. The molecule has 0 spiro atoms. The molecule has 4 heteroatoms. The zero-order valence-corrected chi connectivity index (χ0v) is 9.61. The van der Waals surface area contributed by atoms with Crippen molar-refractivity contribution in [2.24, 2.45) is 10.7 Å². The molecule has 86 valence electrons. The van der Waals surface area contributed by atoms with Gasteiger partial charge in [-0.2, -0.15) is 0 Å². The maximum absolute atomic E-state index is 5.70. The van der Waals surface area contributed by atoms with Gasteiger partial charge in [0.25, 0.3) is 0 Å². The van der Waals surface area contributed by atoms with Crippen LogP contribution in [0, 0.1) is 0 Å². The first-order chi connectivity index (χ1) is 7.81. The molecule has 1 aromatic rings. The van der Waals surface area contributed by atoms with Crippen molar-refractivity contribution in [2.75, 3.05) is 25.5 Å². The highest BCUT2D eigenvalue weighted by Gasteiger charge is 2.11. The maximum Gasteiger partial charge on any atom is 0.198 e. The zero-order chi connectivity index (χ0) is 11.4. The minimum atomic E-state index is 0.542. The Morgan fingerprint density at radius 1 is 1.44 bits per heavy atom. The highest BCUT2D eigenvalue weighted by Crippen LogP contribution is 2.15. The van der Waals surface area contributed by atoms with Crippen LogP contribution in [-0.2, 0) is 6.54 Å². The summed E-state index contributed by atoms with van der Waals surface area (Å²) in [6.45, 7) is 2.49. The largest absolute Gasteiger partial charge is 0.346 e. The van der Waals surface area contributed by atoms with E-state index in [1.807, 2.05) is 24.3 Å². The van der Waals surface area contributed by atoms with Gasteiger partial charge in [0.1, 0.15) is 0 Å². The van der Waals surface area contributed by atoms with Crippen LogP contribution >= 0.6 is 0 Å².